The molecule has 0 atom stereocenters. The van der Waals surface area contributed by atoms with Gasteiger partial charge in [-0.3, -0.25) is 0 Å². The van der Waals surface area contributed by atoms with Crippen molar-refractivity contribution in [1.29, 1.82) is 0 Å². The molecule has 5 rings (SSSR count). The van der Waals surface area contributed by atoms with E-state index in [9.17, 15) is 9.90 Å². The lowest BCUT2D eigenvalue weighted by molar-refractivity contribution is 0.0681. The topological polar surface area (TPSA) is 82.8 Å². The number of benzene rings is 3. The third-order valence-electron chi connectivity index (χ3n) is 5.31. The standard InChI is InChI=1S/C25H19ClN2O5S/c1-31-17-7-9-18(10-8-17)34-24-22(25(29)30)28(23(27-24)15-5-3-2-4-6-15)13-16-11-20-21(12-19(16)26)33-14-32-20/h2-12H,13-14H2,1H3,(H,29,30). The van der Waals surface area contributed by atoms with Gasteiger partial charge >= 0.3 is 5.97 Å². The lowest BCUT2D eigenvalue weighted by atomic mass is 10.1. The minimum atomic E-state index is -1.08. The Balaban J connectivity index is 1.62. The molecule has 1 aliphatic heterocycles. The van der Waals surface area contributed by atoms with Crippen LogP contribution in [-0.4, -0.2) is 34.5 Å². The van der Waals surface area contributed by atoms with Crippen LogP contribution >= 0.6 is 23.4 Å². The number of hydrogen-bond acceptors (Lipinski definition) is 6. The highest BCUT2D eigenvalue weighted by Gasteiger charge is 2.26. The van der Waals surface area contributed by atoms with Gasteiger partial charge in [0.15, 0.2) is 17.2 Å². The summed E-state index contributed by atoms with van der Waals surface area (Å²) >= 11 is 7.80. The van der Waals surface area contributed by atoms with E-state index in [1.807, 2.05) is 54.6 Å². The van der Waals surface area contributed by atoms with Gasteiger partial charge in [0.25, 0.3) is 0 Å². The molecule has 4 aromatic rings. The highest BCUT2D eigenvalue weighted by atomic mass is 35.5. The summed E-state index contributed by atoms with van der Waals surface area (Å²) in [5, 5.41) is 11.0. The quantitative estimate of drug-likeness (QED) is 0.345. The number of halogens is 1. The second kappa shape index (κ2) is 9.32. The predicted molar refractivity (Wildman–Crippen MR) is 128 cm³/mol. The van der Waals surface area contributed by atoms with E-state index in [2.05, 4.69) is 0 Å². The van der Waals surface area contributed by atoms with Crippen molar-refractivity contribution in [2.24, 2.45) is 0 Å². The van der Waals surface area contributed by atoms with Crippen molar-refractivity contribution in [2.75, 3.05) is 13.9 Å². The van der Waals surface area contributed by atoms with Crippen LogP contribution in [-0.2, 0) is 6.54 Å². The number of methoxy groups -OCH3 is 1. The number of fused-ring (bicyclic) bond motifs is 1. The monoisotopic (exact) mass is 494 g/mol. The summed E-state index contributed by atoms with van der Waals surface area (Å²) < 4.78 is 17.8. The second-order valence-electron chi connectivity index (χ2n) is 7.42. The molecule has 0 saturated carbocycles. The Morgan fingerprint density at radius 3 is 2.50 bits per heavy atom. The van der Waals surface area contributed by atoms with Crippen molar-refractivity contribution in [3.05, 3.63) is 83.0 Å². The molecule has 0 amide bonds. The lowest BCUT2D eigenvalue weighted by Crippen LogP contribution is -2.12. The molecule has 0 spiro atoms. The number of carbonyl (C=O) groups is 1. The molecule has 7 nitrogen and oxygen atoms in total. The zero-order valence-electron chi connectivity index (χ0n) is 18.0. The van der Waals surface area contributed by atoms with Gasteiger partial charge in [-0.1, -0.05) is 53.7 Å². The van der Waals surface area contributed by atoms with Crippen LogP contribution in [0.2, 0.25) is 5.02 Å². The molecule has 0 unspecified atom stereocenters. The molecular weight excluding hydrogens is 476 g/mol. The first kappa shape index (κ1) is 22.2. The average Bonchev–Trinajstić information content (AvgIpc) is 3.44. The number of hydrogen-bond donors (Lipinski definition) is 1. The van der Waals surface area contributed by atoms with E-state index < -0.39 is 5.97 Å². The molecule has 0 fully saturated rings. The number of imidazole rings is 1. The molecule has 0 radical (unpaired) electrons. The Labute approximate surface area is 204 Å². The zero-order valence-corrected chi connectivity index (χ0v) is 19.6. The maximum atomic E-state index is 12.5. The SMILES string of the molecule is COc1ccc(Sc2nc(-c3ccccc3)n(Cc3cc4c(cc3Cl)OCO4)c2C(=O)O)cc1. The minimum Gasteiger partial charge on any atom is -0.497 e. The van der Waals surface area contributed by atoms with Gasteiger partial charge < -0.3 is 23.9 Å². The van der Waals surface area contributed by atoms with Gasteiger partial charge in [0.1, 0.15) is 16.6 Å². The molecule has 172 valence electrons. The number of aromatic nitrogens is 2. The summed E-state index contributed by atoms with van der Waals surface area (Å²) in [6.07, 6.45) is 0. The van der Waals surface area contributed by atoms with Crippen LogP contribution < -0.4 is 14.2 Å². The van der Waals surface area contributed by atoms with Crippen molar-refractivity contribution in [3.63, 3.8) is 0 Å². The maximum absolute atomic E-state index is 12.5. The van der Waals surface area contributed by atoms with Gasteiger partial charge in [0.2, 0.25) is 6.79 Å². The van der Waals surface area contributed by atoms with Gasteiger partial charge in [0.05, 0.1) is 13.7 Å². The Morgan fingerprint density at radius 2 is 1.82 bits per heavy atom. The first-order valence-electron chi connectivity index (χ1n) is 10.3. The van der Waals surface area contributed by atoms with Gasteiger partial charge in [-0.25, -0.2) is 9.78 Å². The molecule has 34 heavy (non-hydrogen) atoms. The third kappa shape index (κ3) is 4.30. The van der Waals surface area contributed by atoms with Gasteiger partial charge in [-0.15, -0.1) is 0 Å². The van der Waals surface area contributed by atoms with Crippen molar-refractivity contribution < 1.29 is 24.1 Å². The number of nitrogens with zero attached hydrogens (tertiary/aromatic N) is 2. The summed E-state index contributed by atoms with van der Waals surface area (Å²) in [5.74, 6) is 1.31. The van der Waals surface area contributed by atoms with E-state index in [0.29, 0.717) is 32.9 Å². The van der Waals surface area contributed by atoms with E-state index in [-0.39, 0.29) is 19.0 Å². The summed E-state index contributed by atoms with van der Waals surface area (Å²) in [4.78, 5) is 18.1. The van der Waals surface area contributed by atoms with E-state index in [1.165, 1.54) is 11.8 Å². The first-order chi connectivity index (χ1) is 16.5. The van der Waals surface area contributed by atoms with Gasteiger partial charge in [-0.05, 0) is 35.9 Å². The van der Waals surface area contributed by atoms with E-state index >= 15 is 0 Å². The number of ether oxygens (including phenoxy) is 3. The molecule has 1 N–H and O–H groups in total. The minimum absolute atomic E-state index is 0.0772. The van der Waals surface area contributed by atoms with Crippen LogP contribution in [0.25, 0.3) is 11.4 Å². The van der Waals surface area contributed by atoms with Gasteiger partial charge in [-0.2, -0.15) is 0 Å². The summed E-state index contributed by atoms with van der Waals surface area (Å²) in [7, 11) is 1.60. The molecular formula is C25H19ClN2O5S. The molecule has 3 aromatic carbocycles. The van der Waals surface area contributed by atoms with Crippen molar-refractivity contribution >= 4 is 29.3 Å². The summed E-state index contributed by atoms with van der Waals surface area (Å²) in [6, 6.07) is 20.3. The van der Waals surface area contributed by atoms with Gasteiger partial charge in [0, 0.05) is 21.5 Å². The van der Waals surface area contributed by atoms with Crippen LogP contribution in [0, 0.1) is 0 Å². The molecule has 0 saturated heterocycles. The summed E-state index contributed by atoms with van der Waals surface area (Å²) in [6.45, 7) is 0.315. The lowest BCUT2D eigenvalue weighted by Gasteiger charge is -2.12. The molecule has 1 aromatic heterocycles. The van der Waals surface area contributed by atoms with E-state index in [4.69, 9.17) is 30.8 Å². The smallest absolute Gasteiger partial charge is 0.355 e. The third-order valence-corrected chi connectivity index (χ3v) is 6.65. The Bertz CT molecular complexity index is 1360. The second-order valence-corrected chi connectivity index (χ2v) is 8.89. The number of rotatable bonds is 7. The molecule has 1 aliphatic rings. The maximum Gasteiger partial charge on any atom is 0.355 e. The fourth-order valence-electron chi connectivity index (χ4n) is 3.68. The van der Waals surface area contributed by atoms with E-state index in [1.54, 1.807) is 23.8 Å². The highest BCUT2D eigenvalue weighted by molar-refractivity contribution is 7.99. The van der Waals surface area contributed by atoms with Crippen molar-refractivity contribution in [2.45, 2.75) is 16.5 Å². The zero-order chi connectivity index (χ0) is 23.7. The number of aromatic carboxylic acids is 1. The van der Waals surface area contributed by atoms with Crippen molar-refractivity contribution in [3.8, 4) is 28.6 Å². The molecule has 0 bridgehead atoms. The summed E-state index contributed by atoms with van der Waals surface area (Å²) in [5.41, 5.74) is 1.57. The molecule has 9 heteroatoms. The fraction of sp³-hybridized carbons (Fsp3) is 0.120. The normalized spacial score (nSPS) is 12.1. The average molecular weight is 495 g/mol. The first-order valence-corrected chi connectivity index (χ1v) is 11.5. The number of carboxylic acids is 1. The Hall–Kier alpha value is -3.62. The molecule has 2 heterocycles. The Kier molecular flexibility index (Phi) is 6.08. The fourth-order valence-corrected chi connectivity index (χ4v) is 4.81. The van der Waals surface area contributed by atoms with Crippen LogP contribution in [0.1, 0.15) is 16.1 Å². The van der Waals surface area contributed by atoms with E-state index in [0.717, 1.165) is 16.2 Å². The largest absolute Gasteiger partial charge is 0.497 e. The van der Waals surface area contributed by atoms with Crippen LogP contribution in [0.4, 0.5) is 0 Å². The van der Waals surface area contributed by atoms with Crippen molar-refractivity contribution in [1.82, 2.24) is 9.55 Å². The number of carboxylic acid groups (broad SMARTS) is 1. The van der Waals surface area contributed by atoms with Crippen LogP contribution in [0.15, 0.2) is 76.7 Å². The molecule has 0 aliphatic carbocycles. The van der Waals surface area contributed by atoms with Crippen LogP contribution in [0.3, 0.4) is 0 Å². The highest BCUT2D eigenvalue weighted by Crippen LogP contribution is 2.39. The van der Waals surface area contributed by atoms with Crippen LogP contribution in [0.5, 0.6) is 17.2 Å². The Morgan fingerprint density at radius 1 is 1.12 bits per heavy atom. The predicted octanol–water partition coefficient (Wildman–Crippen LogP) is 5.84.